The van der Waals surface area contributed by atoms with Crippen LogP contribution in [0.15, 0.2) is 59.6 Å². The van der Waals surface area contributed by atoms with Gasteiger partial charge in [-0.2, -0.15) is 0 Å². The topological polar surface area (TPSA) is 73.9 Å². The lowest BCUT2D eigenvalue weighted by atomic mass is 10.1. The van der Waals surface area contributed by atoms with Gasteiger partial charge in [0.2, 0.25) is 0 Å². The number of nitrogens with zero attached hydrogens (tertiary/aromatic N) is 1. The smallest absolute Gasteiger partial charge is 0.307 e. The summed E-state index contributed by atoms with van der Waals surface area (Å²) < 4.78 is 10.4. The van der Waals surface area contributed by atoms with Crippen molar-refractivity contribution in [2.75, 3.05) is 19.8 Å². The molecule has 0 fully saturated rings. The molecule has 5 heteroatoms. The maximum Gasteiger partial charge on any atom is 0.307 e. The van der Waals surface area contributed by atoms with Crippen molar-refractivity contribution in [3.63, 3.8) is 0 Å². The molecule has 0 aliphatic carbocycles. The molecular weight excluding hydrogens is 316 g/mol. The molecule has 2 aromatic rings. The van der Waals surface area contributed by atoms with Gasteiger partial charge in [-0.05, 0) is 36.6 Å². The van der Waals surface area contributed by atoms with Crippen LogP contribution < -0.4 is 10.5 Å². The van der Waals surface area contributed by atoms with Crippen LogP contribution in [0.2, 0.25) is 0 Å². The largest absolute Gasteiger partial charge is 0.486 e. The Labute approximate surface area is 148 Å². The van der Waals surface area contributed by atoms with Gasteiger partial charge in [0.1, 0.15) is 18.2 Å². The maximum absolute atomic E-state index is 11.2. The monoisotopic (exact) mass is 340 g/mol. The van der Waals surface area contributed by atoms with E-state index >= 15 is 0 Å². The first-order valence-corrected chi connectivity index (χ1v) is 8.37. The van der Waals surface area contributed by atoms with Crippen LogP contribution in [0.3, 0.4) is 0 Å². The van der Waals surface area contributed by atoms with Gasteiger partial charge < -0.3 is 15.2 Å². The summed E-state index contributed by atoms with van der Waals surface area (Å²) in [4.78, 5) is 15.3. The second-order valence-electron chi connectivity index (χ2n) is 5.52. The van der Waals surface area contributed by atoms with Crippen LogP contribution in [-0.4, -0.2) is 31.6 Å². The number of hydrogen-bond donors (Lipinski definition) is 1. The molecule has 0 amide bonds. The van der Waals surface area contributed by atoms with Crippen molar-refractivity contribution in [2.24, 2.45) is 10.7 Å². The van der Waals surface area contributed by atoms with Gasteiger partial charge in [-0.15, -0.1) is 0 Å². The zero-order chi connectivity index (χ0) is 17.9. The molecule has 0 saturated heterocycles. The fourth-order valence-corrected chi connectivity index (χ4v) is 2.26. The predicted molar refractivity (Wildman–Crippen MR) is 98.9 cm³/mol. The normalized spacial score (nSPS) is 11.2. The van der Waals surface area contributed by atoms with E-state index in [1.54, 1.807) is 6.92 Å². The first-order valence-electron chi connectivity index (χ1n) is 8.37. The van der Waals surface area contributed by atoms with Gasteiger partial charge in [0.15, 0.2) is 0 Å². The van der Waals surface area contributed by atoms with E-state index in [2.05, 4.69) is 17.1 Å². The third kappa shape index (κ3) is 7.08. The standard InChI is InChI=1S/C20H24N2O3/c1-2-24-20(23)12-13-22-19(21)15-25-18-10-8-17(9-11-18)14-16-6-4-3-5-7-16/h3-11H,2,12-15H2,1H3,(H2,21,22). The number of carbonyl (C=O) groups excluding carboxylic acids is 1. The molecule has 0 aliphatic heterocycles. The van der Waals surface area contributed by atoms with Crippen molar-refractivity contribution < 1.29 is 14.3 Å². The lowest BCUT2D eigenvalue weighted by Gasteiger charge is -2.07. The first kappa shape index (κ1) is 18.5. The van der Waals surface area contributed by atoms with E-state index in [1.165, 1.54) is 11.1 Å². The number of ether oxygens (including phenoxy) is 2. The second kappa shape index (κ2) is 10.1. The van der Waals surface area contributed by atoms with Crippen LogP contribution in [0.25, 0.3) is 0 Å². The van der Waals surface area contributed by atoms with Crippen molar-refractivity contribution in [3.05, 3.63) is 65.7 Å². The van der Waals surface area contributed by atoms with Crippen molar-refractivity contribution >= 4 is 11.8 Å². The minimum atomic E-state index is -0.269. The van der Waals surface area contributed by atoms with Crippen LogP contribution in [0, 0.1) is 0 Å². The Hall–Kier alpha value is -2.82. The van der Waals surface area contributed by atoms with Crippen LogP contribution in [0.1, 0.15) is 24.5 Å². The number of rotatable bonds is 9. The number of carbonyl (C=O) groups is 1. The number of aliphatic imine (C=N–C) groups is 1. The van der Waals surface area contributed by atoms with Crippen LogP contribution in [0.5, 0.6) is 5.75 Å². The molecule has 0 aliphatic rings. The summed E-state index contributed by atoms with van der Waals surface area (Å²) in [6.45, 7) is 2.65. The summed E-state index contributed by atoms with van der Waals surface area (Å²) in [6, 6.07) is 18.2. The van der Waals surface area contributed by atoms with Gasteiger partial charge in [-0.25, -0.2) is 0 Å². The van der Waals surface area contributed by atoms with E-state index in [-0.39, 0.29) is 19.0 Å². The van der Waals surface area contributed by atoms with Crippen molar-refractivity contribution in [2.45, 2.75) is 19.8 Å². The molecule has 0 saturated carbocycles. The fraction of sp³-hybridized carbons (Fsp3) is 0.300. The highest BCUT2D eigenvalue weighted by atomic mass is 16.5. The Morgan fingerprint density at radius 2 is 1.72 bits per heavy atom. The summed E-state index contributed by atoms with van der Waals surface area (Å²) in [5, 5.41) is 0. The average Bonchev–Trinajstić information content (AvgIpc) is 2.62. The Morgan fingerprint density at radius 3 is 2.40 bits per heavy atom. The van der Waals surface area contributed by atoms with E-state index in [0.29, 0.717) is 19.0 Å². The third-order valence-electron chi connectivity index (χ3n) is 3.50. The molecule has 0 spiro atoms. The molecule has 0 aromatic heterocycles. The zero-order valence-electron chi connectivity index (χ0n) is 14.5. The Bertz CT molecular complexity index is 682. The van der Waals surface area contributed by atoms with Gasteiger partial charge in [-0.1, -0.05) is 42.5 Å². The van der Waals surface area contributed by atoms with Gasteiger partial charge in [0.25, 0.3) is 0 Å². The highest BCUT2D eigenvalue weighted by Gasteiger charge is 2.02. The molecule has 5 nitrogen and oxygen atoms in total. The van der Waals surface area contributed by atoms with Crippen LogP contribution >= 0.6 is 0 Å². The minimum absolute atomic E-state index is 0.195. The molecule has 2 N–H and O–H groups in total. The molecule has 0 heterocycles. The number of nitrogens with two attached hydrogens (primary N) is 1. The van der Waals surface area contributed by atoms with Gasteiger partial charge >= 0.3 is 5.97 Å². The fourth-order valence-electron chi connectivity index (χ4n) is 2.26. The van der Waals surface area contributed by atoms with Crippen LogP contribution in [0.4, 0.5) is 0 Å². The van der Waals surface area contributed by atoms with Crippen LogP contribution in [-0.2, 0) is 16.0 Å². The quantitative estimate of drug-likeness (QED) is 0.433. The van der Waals surface area contributed by atoms with E-state index in [4.69, 9.17) is 15.2 Å². The van der Waals surface area contributed by atoms with Crippen molar-refractivity contribution in [1.29, 1.82) is 0 Å². The number of amidine groups is 1. The number of esters is 1. The van der Waals surface area contributed by atoms with E-state index < -0.39 is 0 Å². The summed E-state index contributed by atoms with van der Waals surface area (Å²) in [5.41, 5.74) is 8.28. The summed E-state index contributed by atoms with van der Waals surface area (Å²) in [5.74, 6) is 0.826. The van der Waals surface area contributed by atoms with Gasteiger partial charge in [0.05, 0.1) is 19.6 Å². The molecule has 2 rings (SSSR count). The zero-order valence-corrected chi connectivity index (χ0v) is 14.5. The summed E-state index contributed by atoms with van der Waals surface area (Å²) in [7, 11) is 0. The summed E-state index contributed by atoms with van der Waals surface area (Å²) in [6.07, 6.45) is 1.11. The summed E-state index contributed by atoms with van der Waals surface area (Å²) >= 11 is 0. The van der Waals surface area contributed by atoms with Crippen molar-refractivity contribution in [3.8, 4) is 5.75 Å². The molecule has 0 radical (unpaired) electrons. The molecule has 0 atom stereocenters. The molecule has 25 heavy (non-hydrogen) atoms. The Balaban J connectivity index is 1.76. The van der Waals surface area contributed by atoms with E-state index in [9.17, 15) is 4.79 Å². The third-order valence-corrected chi connectivity index (χ3v) is 3.50. The Morgan fingerprint density at radius 1 is 1.04 bits per heavy atom. The van der Waals surface area contributed by atoms with Gasteiger partial charge in [0, 0.05) is 0 Å². The molecule has 132 valence electrons. The van der Waals surface area contributed by atoms with Crippen molar-refractivity contribution in [1.82, 2.24) is 0 Å². The molecule has 2 aromatic carbocycles. The predicted octanol–water partition coefficient (Wildman–Crippen LogP) is 2.97. The average molecular weight is 340 g/mol. The first-order chi connectivity index (χ1) is 12.2. The minimum Gasteiger partial charge on any atom is -0.486 e. The van der Waals surface area contributed by atoms with Gasteiger partial charge in [-0.3, -0.25) is 9.79 Å². The molecular formula is C20H24N2O3. The number of benzene rings is 2. The van der Waals surface area contributed by atoms with E-state index in [1.807, 2.05) is 42.5 Å². The lowest BCUT2D eigenvalue weighted by Crippen LogP contribution is -2.22. The Kier molecular flexibility index (Phi) is 7.50. The SMILES string of the molecule is CCOC(=O)CCN=C(N)COc1ccc(Cc2ccccc2)cc1. The molecule has 0 unspecified atom stereocenters. The molecule has 0 bridgehead atoms. The lowest BCUT2D eigenvalue weighted by molar-refractivity contribution is -0.142. The second-order valence-corrected chi connectivity index (χ2v) is 5.52. The van der Waals surface area contributed by atoms with E-state index in [0.717, 1.165) is 12.2 Å². The highest BCUT2D eigenvalue weighted by Crippen LogP contribution is 2.15. The maximum atomic E-state index is 11.2. The number of hydrogen-bond acceptors (Lipinski definition) is 4. The highest BCUT2D eigenvalue weighted by molar-refractivity contribution is 5.82.